The molecule has 0 aliphatic rings. The van der Waals surface area contributed by atoms with E-state index in [1.165, 1.54) is 0 Å². The summed E-state index contributed by atoms with van der Waals surface area (Å²) in [6, 6.07) is 7.07. The number of benzene rings is 1. The molecule has 0 fully saturated rings. The summed E-state index contributed by atoms with van der Waals surface area (Å²) in [6.45, 7) is 1.73. The van der Waals surface area contributed by atoms with Crippen molar-refractivity contribution in [2.24, 2.45) is 0 Å². The van der Waals surface area contributed by atoms with Gasteiger partial charge < -0.3 is 4.98 Å². The van der Waals surface area contributed by atoms with Crippen molar-refractivity contribution in [3.05, 3.63) is 52.8 Å². The molecular weight excluding hydrogens is 249 g/mol. The van der Waals surface area contributed by atoms with Gasteiger partial charge in [0.25, 0.3) is 0 Å². The Balaban J connectivity index is 2.42. The lowest BCUT2D eigenvalue weighted by Crippen LogP contribution is -1.99. The lowest BCUT2D eigenvalue weighted by Gasteiger charge is -2.07. The molecule has 0 radical (unpaired) electrons. The van der Waals surface area contributed by atoms with Gasteiger partial charge in [0, 0.05) is 6.20 Å². The molecule has 0 spiro atoms. The van der Waals surface area contributed by atoms with Crippen molar-refractivity contribution in [1.82, 2.24) is 14.5 Å². The molecule has 1 N–H and O–H groups in total. The third kappa shape index (κ3) is 1.55. The number of imidazole rings is 1. The number of hydrogen-bond acceptors (Lipinski definition) is 2. The molecule has 90 valence electrons. The van der Waals surface area contributed by atoms with Crippen LogP contribution in [0.4, 0.5) is 4.39 Å². The van der Waals surface area contributed by atoms with Gasteiger partial charge in [0.1, 0.15) is 5.82 Å². The second kappa shape index (κ2) is 4.03. The molecule has 0 aliphatic heterocycles. The Morgan fingerprint density at radius 2 is 2.17 bits per heavy atom. The van der Waals surface area contributed by atoms with Crippen LogP contribution in [0.15, 0.2) is 36.7 Å². The van der Waals surface area contributed by atoms with E-state index in [0.29, 0.717) is 16.0 Å². The van der Waals surface area contributed by atoms with Crippen LogP contribution in [-0.2, 0) is 0 Å². The van der Waals surface area contributed by atoms with E-state index in [2.05, 4.69) is 9.97 Å². The van der Waals surface area contributed by atoms with E-state index in [1.54, 1.807) is 36.0 Å². The van der Waals surface area contributed by atoms with E-state index in [0.717, 1.165) is 11.0 Å². The molecule has 0 atom stereocenters. The van der Waals surface area contributed by atoms with Crippen LogP contribution in [0.25, 0.3) is 16.7 Å². The third-order valence-corrected chi connectivity index (χ3v) is 3.18. The van der Waals surface area contributed by atoms with Crippen molar-refractivity contribution in [1.29, 1.82) is 0 Å². The fourth-order valence-corrected chi connectivity index (χ4v) is 2.31. The maximum absolute atomic E-state index is 14.2. The lowest BCUT2D eigenvalue weighted by molar-refractivity contribution is 0.610. The highest BCUT2D eigenvalue weighted by molar-refractivity contribution is 7.71. The first-order valence-electron chi connectivity index (χ1n) is 5.49. The van der Waals surface area contributed by atoms with Gasteiger partial charge in [-0.3, -0.25) is 9.55 Å². The van der Waals surface area contributed by atoms with Crippen LogP contribution in [0.5, 0.6) is 0 Å². The van der Waals surface area contributed by atoms with Crippen LogP contribution < -0.4 is 0 Å². The van der Waals surface area contributed by atoms with Gasteiger partial charge in [0.05, 0.1) is 22.9 Å². The minimum Gasteiger partial charge on any atom is -0.329 e. The Labute approximate surface area is 108 Å². The first kappa shape index (κ1) is 11.1. The zero-order valence-corrected chi connectivity index (χ0v) is 10.5. The molecule has 2 heterocycles. The summed E-state index contributed by atoms with van der Waals surface area (Å²) in [5, 5.41) is 0. The standard InChI is InChI=1S/C13H10FN3S/c1-8-3-2-4-11(12(8)14)17-10-5-6-15-7-9(10)16-13(17)18/h2-7H,1H3,(H,16,18). The van der Waals surface area contributed by atoms with Gasteiger partial charge in [0.2, 0.25) is 0 Å². The van der Waals surface area contributed by atoms with Crippen molar-refractivity contribution in [2.75, 3.05) is 0 Å². The summed E-state index contributed by atoms with van der Waals surface area (Å²) < 4.78 is 16.3. The van der Waals surface area contributed by atoms with Crippen LogP contribution in [0.3, 0.4) is 0 Å². The maximum atomic E-state index is 14.2. The molecule has 3 aromatic rings. The number of hydrogen-bond donors (Lipinski definition) is 1. The predicted octanol–water partition coefficient (Wildman–Crippen LogP) is 3.53. The van der Waals surface area contributed by atoms with Gasteiger partial charge in [-0.15, -0.1) is 0 Å². The summed E-state index contributed by atoms with van der Waals surface area (Å²) in [7, 11) is 0. The highest BCUT2D eigenvalue weighted by Crippen LogP contribution is 2.22. The molecule has 5 heteroatoms. The van der Waals surface area contributed by atoms with Gasteiger partial charge in [-0.05, 0) is 36.8 Å². The van der Waals surface area contributed by atoms with Gasteiger partial charge in [-0.25, -0.2) is 4.39 Å². The quantitative estimate of drug-likeness (QED) is 0.678. The van der Waals surface area contributed by atoms with Crippen LogP contribution in [0.1, 0.15) is 5.56 Å². The number of aromatic nitrogens is 3. The van der Waals surface area contributed by atoms with Crippen molar-refractivity contribution in [3.8, 4) is 5.69 Å². The SMILES string of the molecule is Cc1cccc(-n2c(=S)[nH]c3cnccc32)c1F. The van der Waals surface area contributed by atoms with Gasteiger partial charge >= 0.3 is 0 Å². The van der Waals surface area contributed by atoms with Crippen LogP contribution in [0, 0.1) is 17.5 Å². The second-order valence-electron chi connectivity index (χ2n) is 4.07. The average molecular weight is 259 g/mol. The largest absolute Gasteiger partial charge is 0.329 e. The Morgan fingerprint density at radius 1 is 1.33 bits per heavy atom. The summed E-state index contributed by atoms with van der Waals surface area (Å²) in [5.41, 5.74) is 2.66. The number of aromatic amines is 1. The molecule has 3 rings (SSSR count). The van der Waals surface area contributed by atoms with E-state index in [9.17, 15) is 4.39 Å². The number of halogens is 1. The Bertz CT molecular complexity index is 788. The minimum atomic E-state index is -0.258. The van der Waals surface area contributed by atoms with E-state index in [-0.39, 0.29) is 5.82 Å². The number of fused-ring (bicyclic) bond motifs is 1. The summed E-state index contributed by atoms with van der Waals surface area (Å²) >= 11 is 5.25. The second-order valence-corrected chi connectivity index (χ2v) is 4.45. The summed E-state index contributed by atoms with van der Waals surface area (Å²) in [6.07, 6.45) is 3.34. The first-order valence-corrected chi connectivity index (χ1v) is 5.89. The molecule has 3 nitrogen and oxygen atoms in total. The molecule has 0 saturated carbocycles. The number of H-pyrrole nitrogens is 1. The predicted molar refractivity (Wildman–Crippen MR) is 70.9 cm³/mol. The fraction of sp³-hybridized carbons (Fsp3) is 0.0769. The maximum Gasteiger partial charge on any atom is 0.182 e. The van der Waals surface area contributed by atoms with Crippen molar-refractivity contribution in [3.63, 3.8) is 0 Å². The Kier molecular flexibility index (Phi) is 2.48. The monoisotopic (exact) mass is 259 g/mol. The number of nitrogens with one attached hydrogen (secondary N) is 1. The summed E-state index contributed by atoms with van der Waals surface area (Å²) in [5.74, 6) is -0.258. The molecule has 1 aromatic carbocycles. The van der Waals surface area contributed by atoms with E-state index >= 15 is 0 Å². The van der Waals surface area contributed by atoms with Gasteiger partial charge in [-0.2, -0.15) is 0 Å². The van der Waals surface area contributed by atoms with Crippen molar-refractivity contribution in [2.45, 2.75) is 6.92 Å². The minimum absolute atomic E-state index is 0.258. The first-order chi connectivity index (χ1) is 8.68. The Morgan fingerprint density at radius 3 is 3.00 bits per heavy atom. The highest BCUT2D eigenvalue weighted by atomic mass is 32.1. The molecule has 0 unspecified atom stereocenters. The highest BCUT2D eigenvalue weighted by Gasteiger charge is 2.11. The van der Waals surface area contributed by atoms with Gasteiger partial charge in [0.15, 0.2) is 4.77 Å². The van der Waals surface area contributed by atoms with E-state index in [1.807, 2.05) is 12.1 Å². The zero-order valence-electron chi connectivity index (χ0n) is 9.64. The molecule has 18 heavy (non-hydrogen) atoms. The van der Waals surface area contributed by atoms with Gasteiger partial charge in [-0.1, -0.05) is 12.1 Å². The number of aryl methyl sites for hydroxylation is 1. The normalized spacial score (nSPS) is 11.0. The number of nitrogens with zero attached hydrogens (tertiary/aromatic N) is 2. The molecule has 0 saturated heterocycles. The molecule has 0 amide bonds. The third-order valence-electron chi connectivity index (χ3n) is 2.90. The van der Waals surface area contributed by atoms with Crippen LogP contribution >= 0.6 is 12.2 Å². The smallest absolute Gasteiger partial charge is 0.182 e. The lowest BCUT2D eigenvalue weighted by atomic mass is 10.2. The van der Waals surface area contributed by atoms with Crippen LogP contribution in [0.2, 0.25) is 0 Å². The van der Waals surface area contributed by atoms with E-state index < -0.39 is 0 Å². The van der Waals surface area contributed by atoms with Crippen molar-refractivity contribution >= 4 is 23.3 Å². The zero-order chi connectivity index (χ0) is 12.7. The topological polar surface area (TPSA) is 33.6 Å². The number of rotatable bonds is 1. The molecule has 0 bridgehead atoms. The average Bonchev–Trinajstić information content (AvgIpc) is 2.69. The Hall–Kier alpha value is -2.01. The van der Waals surface area contributed by atoms with E-state index in [4.69, 9.17) is 12.2 Å². The summed E-state index contributed by atoms with van der Waals surface area (Å²) in [4.78, 5) is 7.04. The van der Waals surface area contributed by atoms with Crippen LogP contribution in [-0.4, -0.2) is 14.5 Å². The molecule has 0 aliphatic carbocycles. The fourth-order valence-electron chi connectivity index (χ4n) is 2.00. The number of pyridine rings is 1. The van der Waals surface area contributed by atoms with Crippen molar-refractivity contribution < 1.29 is 4.39 Å². The molecule has 2 aromatic heterocycles. The molecular formula is C13H10FN3S.